The molecule has 3 aliphatic rings. The summed E-state index contributed by atoms with van der Waals surface area (Å²) in [6.07, 6.45) is 6.55. The lowest BCUT2D eigenvalue weighted by Crippen LogP contribution is -2.33. The summed E-state index contributed by atoms with van der Waals surface area (Å²) in [7, 11) is 0. The van der Waals surface area contributed by atoms with Crippen molar-refractivity contribution in [3.05, 3.63) is 28.5 Å². The number of aromatic nitrogens is 3. The first-order valence-corrected chi connectivity index (χ1v) is 10.2. The van der Waals surface area contributed by atoms with Gasteiger partial charge in [0, 0.05) is 43.8 Å². The average Bonchev–Trinajstić information content (AvgIpc) is 3.04. The molecule has 1 aliphatic carbocycles. The predicted octanol–water partition coefficient (Wildman–Crippen LogP) is 2.40. The quantitative estimate of drug-likeness (QED) is 0.888. The Labute approximate surface area is 152 Å². The van der Waals surface area contributed by atoms with E-state index in [1.54, 1.807) is 0 Å². The van der Waals surface area contributed by atoms with Gasteiger partial charge >= 0.3 is 0 Å². The minimum atomic E-state index is -0.365. The Morgan fingerprint density at radius 1 is 1.20 bits per heavy atom. The molecular weight excluding hydrogens is 334 g/mol. The minimum absolute atomic E-state index is 0.365. The normalized spacial score (nSPS) is 22.4. The average molecular weight is 359 g/mol. The maximum Gasteiger partial charge on any atom is 0.185 e. The van der Waals surface area contributed by atoms with E-state index in [1.807, 2.05) is 17.5 Å². The molecule has 2 aliphatic heterocycles. The van der Waals surface area contributed by atoms with E-state index < -0.39 is 0 Å². The van der Waals surface area contributed by atoms with Crippen LogP contribution in [0.1, 0.15) is 48.1 Å². The molecule has 25 heavy (non-hydrogen) atoms. The van der Waals surface area contributed by atoms with E-state index in [-0.39, 0.29) is 6.10 Å². The third kappa shape index (κ3) is 3.20. The van der Waals surface area contributed by atoms with Crippen molar-refractivity contribution in [3.63, 3.8) is 0 Å². The summed E-state index contributed by atoms with van der Waals surface area (Å²) in [5, 5.41) is 16.1. The van der Waals surface area contributed by atoms with E-state index in [2.05, 4.69) is 30.6 Å². The molecule has 0 unspecified atom stereocenters. The Hall–Kier alpha value is -1.44. The molecule has 134 valence electrons. The summed E-state index contributed by atoms with van der Waals surface area (Å²) in [5.74, 6) is 0.439. The Morgan fingerprint density at radius 3 is 2.84 bits per heavy atom. The summed E-state index contributed by atoms with van der Waals surface area (Å²) in [5.41, 5.74) is 2.10. The highest BCUT2D eigenvalue weighted by Gasteiger charge is 2.33. The van der Waals surface area contributed by atoms with Gasteiger partial charge in [0.1, 0.15) is 6.10 Å². The van der Waals surface area contributed by atoms with Gasteiger partial charge in [-0.15, -0.1) is 11.3 Å². The molecule has 0 aromatic carbocycles. The standard InChI is InChI=1S/C18H25N5OS/c24-17(13-3-4-13)16-9-14-11-21(7-8-23(14)20-16)12-15-10-19-18(25-15)22-5-1-2-6-22/h9-10,13,17,24H,1-8,11-12H2/t17-/m0/s1. The summed E-state index contributed by atoms with van der Waals surface area (Å²) in [4.78, 5) is 10.8. The van der Waals surface area contributed by atoms with Gasteiger partial charge in [-0.25, -0.2) is 4.98 Å². The van der Waals surface area contributed by atoms with Crippen LogP contribution in [-0.4, -0.2) is 44.4 Å². The third-order valence-electron chi connectivity index (χ3n) is 5.56. The molecule has 1 saturated heterocycles. The molecule has 2 aromatic rings. The minimum Gasteiger partial charge on any atom is -0.386 e. The first-order chi connectivity index (χ1) is 12.3. The van der Waals surface area contributed by atoms with E-state index in [0.717, 1.165) is 57.8 Å². The Bertz CT molecular complexity index is 746. The molecule has 0 spiro atoms. The van der Waals surface area contributed by atoms with Crippen molar-refractivity contribution in [2.24, 2.45) is 5.92 Å². The van der Waals surface area contributed by atoms with Gasteiger partial charge in [0.15, 0.2) is 5.13 Å². The predicted molar refractivity (Wildman–Crippen MR) is 97.6 cm³/mol. The van der Waals surface area contributed by atoms with Gasteiger partial charge in [-0.05, 0) is 37.7 Å². The van der Waals surface area contributed by atoms with Crippen LogP contribution < -0.4 is 4.90 Å². The van der Waals surface area contributed by atoms with Crippen molar-refractivity contribution < 1.29 is 5.11 Å². The van der Waals surface area contributed by atoms with Crippen molar-refractivity contribution >= 4 is 16.5 Å². The zero-order valence-electron chi connectivity index (χ0n) is 14.5. The zero-order valence-corrected chi connectivity index (χ0v) is 15.3. The fourth-order valence-electron chi connectivity index (χ4n) is 3.92. The highest BCUT2D eigenvalue weighted by Crippen LogP contribution is 2.40. The van der Waals surface area contributed by atoms with Gasteiger partial charge in [0.25, 0.3) is 0 Å². The highest BCUT2D eigenvalue weighted by atomic mass is 32.1. The first-order valence-electron chi connectivity index (χ1n) is 9.43. The SMILES string of the molecule is O[C@H](c1cc2n(n1)CCN(Cc1cnc(N3CCCC3)s1)C2)C1CC1. The first kappa shape index (κ1) is 15.8. The maximum absolute atomic E-state index is 10.3. The number of anilines is 1. The summed E-state index contributed by atoms with van der Waals surface area (Å²) >= 11 is 1.84. The molecule has 7 heteroatoms. The van der Waals surface area contributed by atoms with Crippen LogP contribution in [0.3, 0.4) is 0 Å². The van der Waals surface area contributed by atoms with E-state index in [1.165, 1.54) is 28.5 Å². The van der Waals surface area contributed by atoms with Gasteiger partial charge < -0.3 is 10.0 Å². The Kier molecular flexibility index (Phi) is 4.03. The molecule has 2 fully saturated rings. The summed E-state index contributed by atoms with van der Waals surface area (Å²) in [6, 6.07) is 2.11. The number of fused-ring (bicyclic) bond motifs is 1. The number of aliphatic hydroxyl groups is 1. The Balaban J connectivity index is 1.24. The largest absolute Gasteiger partial charge is 0.386 e. The second-order valence-electron chi connectivity index (χ2n) is 7.58. The molecule has 4 heterocycles. The Morgan fingerprint density at radius 2 is 2.04 bits per heavy atom. The fraction of sp³-hybridized carbons (Fsp3) is 0.667. The lowest BCUT2D eigenvalue weighted by atomic mass is 10.1. The van der Waals surface area contributed by atoms with Crippen molar-refractivity contribution in [2.45, 2.75) is 51.4 Å². The van der Waals surface area contributed by atoms with E-state index >= 15 is 0 Å². The van der Waals surface area contributed by atoms with Gasteiger partial charge in [-0.3, -0.25) is 9.58 Å². The number of aliphatic hydroxyl groups excluding tert-OH is 1. The second-order valence-corrected chi connectivity index (χ2v) is 8.67. The number of hydrogen-bond donors (Lipinski definition) is 1. The molecule has 1 atom stereocenters. The molecule has 0 bridgehead atoms. The van der Waals surface area contributed by atoms with Gasteiger partial charge in [0.05, 0.1) is 17.9 Å². The smallest absolute Gasteiger partial charge is 0.185 e. The van der Waals surface area contributed by atoms with E-state index in [9.17, 15) is 5.11 Å². The van der Waals surface area contributed by atoms with Crippen molar-refractivity contribution in [1.29, 1.82) is 0 Å². The van der Waals surface area contributed by atoms with Gasteiger partial charge in [-0.2, -0.15) is 5.10 Å². The molecule has 2 aromatic heterocycles. The maximum atomic E-state index is 10.3. The van der Waals surface area contributed by atoms with Crippen LogP contribution in [0.4, 0.5) is 5.13 Å². The molecule has 0 radical (unpaired) electrons. The molecule has 1 N–H and O–H groups in total. The lowest BCUT2D eigenvalue weighted by Gasteiger charge is -2.26. The molecule has 0 amide bonds. The number of rotatable bonds is 5. The van der Waals surface area contributed by atoms with Crippen LogP contribution in [-0.2, 0) is 19.6 Å². The van der Waals surface area contributed by atoms with E-state index in [0.29, 0.717) is 5.92 Å². The van der Waals surface area contributed by atoms with Crippen molar-refractivity contribution in [1.82, 2.24) is 19.7 Å². The zero-order chi connectivity index (χ0) is 16.8. The summed E-state index contributed by atoms with van der Waals surface area (Å²) in [6.45, 7) is 6.08. The lowest BCUT2D eigenvalue weighted by molar-refractivity contribution is 0.147. The van der Waals surface area contributed by atoms with Crippen LogP contribution in [0.5, 0.6) is 0 Å². The molecule has 6 nitrogen and oxygen atoms in total. The van der Waals surface area contributed by atoms with Crippen LogP contribution in [0.2, 0.25) is 0 Å². The third-order valence-corrected chi connectivity index (χ3v) is 6.61. The van der Waals surface area contributed by atoms with Crippen LogP contribution in [0.25, 0.3) is 0 Å². The second kappa shape index (κ2) is 6.37. The van der Waals surface area contributed by atoms with Gasteiger partial charge in [-0.1, -0.05) is 0 Å². The number of hydrogen-bond acceptors (Lipinski definition) is 6. The van der Waals surface area contributed by atoms with Crippen LogP contribution >= 0.6 is 11.3 Å². The molecule has 1 saturated carbocycles. The van der Waals surface area contributed by atoms with Crippen molar-refractivity contribution in [3.8, 4) is 0 Å². The van der Waals surface area contributed by atoms with Gasteiger partial charge in [0.2, 0.25) is 0 Å². The molecule has 5 rings (SSSR count). The fourth-order valence-corrected chi connectivity index (χ4v) is 4.93. The monoisotopic (exact) mass is 359 g/mol. The topological polar surface area (TPSA) is 57.4 Å². The van der Waals surface area contributed by atoms with Crippen LogP contribution in [0, 0.1) is 5.92 Å². The summed E-state index contributed by atoms with van der Waals surface area (Å²) < 4.78 is 2.08. The van der Waals surface area contributed by atoms with E-state index in [4.69, 9.17) is 0 Å². The highest BCUT2D eigenvalue weighted by molar-refractivity contribution is 7.15. The number of nitrogens with zero attached hydrogens (tertiary/aromatic N) is 5. The number of thiazole rings is 1. The van der Waals surface area contributed by atoms with Crippen LogP contribution in [0.15, 0.2) is 12.3 Å². The van der Waals surface area contributed by atoms with Crippen molar-refractivity contribution in [2.75, 3.05) is 24.5 Å². The molecular formula is C18H25N5OS.